The molecule has 4 rings (SSSR count). The number of rotatable bonds is 4. The minimum absolute atomic E-state index is 0.369. The second-order valence-corrected chi connectivity index (χ2v) is 7.10. The summed E-state index contributed by atoms with van der Waals surface area (Å²) in [4.78, 5) is 25.6. The lowest BCUT2D eigenvalue weighted by Crippen LogP contribution is -2.30. The van der Waals surface area contributed by atoms with Gasteiger partial charge in [0, 0.05) is 5.69 Å². The Morgan fingerprint density at radius 2 is 1.38 bits per heavy atom. The first-order valence-corrected chi connectivity index (χ1v) is 9.52. The molecule has 0 aromatic heterocycles. The van der Waals surface area contributed by atoms with Gasteiger partial charge >= 0.3 is 5.97 Å². The molecule has 29 heavy (non-hydrogen) atoms. The van der Waals surface area contributed by atoms with E-state index >= 15 is 0 Å². The number of fused-ring (bicyclic) bond motifs is 2. The normalized spacial score (nSPS) is 11.9. The number of hydrogen-bond acceptors (Lipinski definition) is 3. The minimum atomic E-state index is -0.929. The molecule has 4 aromatic carbocycles. The highest BCUT2D eigenvalue weighted by Crippen LogP contribution is 2.29. The SMILES string of the molecule is Cc1ccc(NC(=O)[C@H](C)OC(=O)c2c3ccccc3cc3ccccc23)cc1. The molecule has 0 fully saturated rings. The Balaban J connectivity index is 1.62. The lowest BCUT2D eigenvalue weighted by atomic mass is 9.97. The van der Waals surface area contributed by atoms with E-state index in [0.29, 0.717) is 11.3 Å². The van der Waals surface area contributed by atoms with Crippen molar-refractivity contribution in [3.05, 3.63) is 90.0 Å². The summed E-state index contributed by atoms with van der Waals surface area (Å²) in [7, 11) is 0. The van der Waals surface area contributed by atoms with Crippen molar-refractivity contribution in [3.8, 4) is 0 Å². The average Bonchev–Trinajstić information content (AvgIpc) is 2.73. The topological polar surface area (TPSA) is 55.4 Å². The van der Waals surface area contributed by atoms with Gasteiger partial charge < -0.3 is 10.1 Å². The fraction of sp³-hybridized carbons (Fsp3) is 0.120. The number of carbonyl (C=O) groups excluding carboxylic acids is 2. The number of benzene rings is 4. The van der Waals surface area contributed by atoms with Gasteiger partial charge in [0.25, 0.3) is 5.91 Å². The molecule has 1 amide bonds. The number of ether oxygens (including phenoxy) is 1. The van der Waals surface area contributed by atoms with E-state index in [1.54, 1.807) is 6.92 Å². The van der Waals surface area contributed by atoms with Gasteiger partial charge in [0.1, 0.15) is 0 Å². The molecule has 0 saturated heterocycles. The minimum Gasteiger partial charge on any atom is -0.449 e. The van der Waals surface area contributed by atoms with Gasteiger partial charge in [-0.2, -0.15) is 0 Å². The Labute approximate surface area is 169 Å². The molecule has 0 unspecified atom stereocenters. The summed E-state index contributed by atoms with van der Waals surface area (Å²) in [6.07, 6.45) is -0.929. The van der Waals surface area contributed by atoms with Crippen molar-refractivity contribution in [3.63, 3.8) is 0 Å². The molecule has 0 aliphatic heterocycles. The van der Waals surface area contributed by atoms with E-state index in [4.69, 9.17) is 4.74 Å². The number of amides is 1. The van der Waals surface area contributed by atoms with Crippen LogP contribution in [0.15, 0.2) is 78.9 Å². The van der Waals surface area contributed by atoms with Crippen LogP contribution < -0.4 is 5.32 Å². The molecule has 0 aliphatic rings. The van der Waals surface area contributed by atoms with E-state index in [-0.39, 0.29) is 5.91 Å². The zero-order valence-corrected chi connectivity index (χ0v) is 16.3. The summed E-state index contributed by atoms with van der Waals surface area (Å²) in [5.41, 5.74) is 2.25. The van der Waals surface area contributed by atoms with Crippen molar-refractivity contribution in [1.82, 2.24) is 0 Å². The van der Waals surface area contributed by atoms with Crippen LogP contribution in [0.3, 0.4) is 0 Å². The summed E-state index contributed by atoms with van der Waals surface area (Å²) < 4.78 is 5.56. The highest BCUT2D eigenvalue weighted by molar-refractivity contribution is 6.17. The predicted octanol–water partition coefficient (Wildman–Crippen LogP) is 5.49. The molecule has 1 N–H and O–H groups in total. The van der Waals surface area contributed by atoms with Crippen molar-refractivity contribution in [1.29, 1.82) is 0 Å². The summed E-state index contributed by atoms with van der Waals surface area (Å²) in [6.45, 7) is 3.55. The van der Waals surface area contributed by atoms with Crippen molar-refractivity contribution >= 4 is 39.1 Å². The second kappa shape index (κ2) is 7.76. The third kappa shape index (κ3) is 3.83. The first-order chi connectivity index (χ1) is 14.0. The maximum atomic E-state index is 13.1. The highest BCUT2D eigenvalue weighted by atomic mass is 16.5. The van der Waals surface area contributed by atoms with E-state index in [9.17, 15) is 9.59 Å². The molecule has 4 aromatic rings. The Kier molecular flexibility index (Phi) is 5.00. The maximum absolute atomic E-state index is 13.1. The third-order valence-corrected chi connectivity index (χ3v) is 4.95. The number of carbonyl (C=O) groups is 2. The smallest absolute Gasteiger partial charge is 0.340 e. The van der Waals surface area contributed by atoms with Crippen molar-refractivity contribution in [2.24, 2.45) is 0 Å². The van der Waals surface area contributed by atoms with Crippen LogP contribution in [-0.4, -0.2) is 18.0 Å². The molecule has 0 radical (unpaired) electrons. The zero-order chi connectivity index (χ0) is 20.4. The lowest BCUT2D eigenvalue weighted by Gasteiger charge is -2.16. The molecule has 4 nitrogen and oxygen atoms in total. The standard InChI is InChI=1S/C25H21NO3/c1-16-11-13-20(14-12-16)26-24(27)17(2)29-25(28)23-21-9-5-3-7-18(21)15-19-8-4-6-10-22(19)23/h3-15,17H,1-2H3,(H,26,27)/t17-/m0/s1. The van der Waals surface area contributed by atoms with E-state index in [1.165, 1.54) is 0 Å². The Bertz CT molecular complexity index is 1160. The summed E-state index contributed by atoms with van der Waals surface area (Å²) in [6, 6.07) is 24.9. The maximum Gasteiger partial charge on any atom is 0.340 e. The zero-order valence-electron chi connectivity index (χ0n) is 16.3. The van der Waals surface area contributed by atoms with Crippen LogP contribution in [0.4, 0.5) is 5.69 Å². The van der Waals surface area contributed by atoms with Gasteiger partial charge in [0.05, 0.1) is 5.56 Å². The van der Waals surface area contributed by atoms with Crippen LogP contribution in [-0.2, 0) is 9.53 Å². The van der Waals surface area contributed by atoms with Gasteiger partial charge in [0.15, 0.2) is 6.10 Å². The number of aryl methyl sites for hydroxylation is 1. The molecule has 0 saturated carbocycles. The van der Waals surface area contributed by atoms with E-state index in [0.717, 1.165) is 27.1 Å². The molecule has 0 bridgehead atoms. The first-order valence-electron chi connectivity index (χ1n) is 9.52. The van der Waals surface area contributed by atoms with Gasteiger partial charge in [0.2, 0.25) is 0 Å². The molecule has 144 valence electrons. The predicted molar refractivity (Wildman–Crippen MR) is 116 cm³/mol. The number of nitrogens with one attached hydrogen (secondary N) is 1. The molecule has 0 heterocycles. The van der Waals surface area contributed by atoms with Gasteiger partial charge in [-0.1, -0.05) is 66.2 Å². The summed E-state index contributed by atoms with van der Waals surface area (Å²) in [5, 5.41) is 6.31. The summed E-state index contributed by atoms with van der Waals surface area (Å²) in [5.74, 6) is -0.878. The van der Waals surface area contributed by atoms with Gasteiger partial charge in [-0.05, 0) is 53.6 Å². The van der Waals surface area contributed by atoms with Crippen molar-refractivity contribution in [2.75, 3.05) is 5.32 Å². The fourth-order valence-electron chi connectivity index (χ4n) is 3.39. The van der Waals surface area contributed by atoms with Gasteiger partial charge in [-0.15, -0.1) is 0 Å². The monoisotopic (exact) mass is 383 g/mol. The number of anilines is 1. The van der Waals surface area contributed by atoms with E-state index in [2.05, 4.69) is 11.4 Å². The summed E-state index contributed by atoms with van der Waals surface area (Å²) >= 11 is 0. The quantitative estimate of drug-likeness (QED) is 0.375. The van der Waals surface area contributed by atoms with Crippen LogP contribution in [0.5, 0.6) is 0 Å². The molecule has 0 aliphatic carbocycles. The van der Waals surface area contributed by atoms with Crippen LogP contribution in [0.1, 0.15) is 22.8 Å². The molecular weight excluding hydrogens is 362 g/mol. The lowest BCUT2D eigenvalue weighted by molar-refractivity contribution is -0.123. The van der Waals surface area contributed by atoms with Crippen LogP contribution in [0, 0.1) is 6.92 Å². The van der Waals surface area contributed by atoms with Crippen molar-refractivity contribution in [2.45, 2.75) is 20.0 Å². The van der Waals surface area contributed by atoms with Gasteiger partial charge in [-0.3, -0.25) is 4.79 Å². The molecule has 1 atom stereocenters. The first kappa shape index (κ1) is 18.7. The third-order valence-electron chi connectivity index (χ3n) is 4.95. The number of esters is 1. The fourth-order valence-corrected chi connectivity index (χ4v) is 3.39. The highest BCUT2D eigenvalue weighted by Gasteiger charge is 2.22. The Morgan fingerprint density at radius 1 is 0.828 bits per heavy atom. The van der Waals surface area contributed by atoms with E-state index in [1.807, 2.05) is 79.7 Å². The van der Waals surface area contributed by atoms with Crippen LogP contribution in [0.25, 0.3) is 21.5 Å². The average molecular weight is 383 g/mol. The largest absolute Gasteiger partial charge is 0.449 e. The number of hydrogen-bond donors (Lipinski definition) is 1. The Morgan fingerprint density at radius 3 is 1.97 bits per heavy atom. The van der Waals surface area contributed by atoms with Crippen molar-refractivity contribution < 1.29 is 14.3 Å². The Hall–Kier alpha value is -3.66. The molecular formula is C25H21NO3. The van der Waals surface area contributed by atoms with E-state index < -0.39 is 12.1 Å². The second-order valence-electron chi connectivity index (χ2n) is 7.10. The van der Waals surface area contributed by atoms with Crippen LogP contribution in [0.2, 0.25) is 0 Å². The van der Waals surface area contributed by atoms with Gasteiger partial charge in [-0.25, -0.2) is 4.79 Å². The molecule has 4 heteroatoms. The molecule has 0 spiro atoms. The van der Waals surface area contributed by atoms with Crippen LogP contribution >= 0.6 is 0 Å².